The molecule has 0 aliphatic heterocycles. The summed E-state index contributed by atoms with van der Waals surface area (Å²) in [5.41, 5.74) is 0.481. The lowest BCUT2D eigenvalue weighted by Gasteiger charge is -2.02. The highest BCUT2D eigenvalue weighted by atomic mass is 79.9. The van der Waals surface area contributed by atoms with E-state index in [-0.39, 0.29) is 17.2 Å². The van der Waals surface area contributed by atoms with Crippen LogP contribution in [-0.2, 0) is 4.79 Å². The molecule has 0 spiro atoms. The van der Waals surface area contributed by atoms with Crippen molar-refractivity contribution in [1.29, 1.82) is 0 Å². The SMILES string of the molecule is CC(=O)/C(N=Nc1c(Br)cc(Br)cc1Br)=C(\C)O. The van der Waals surface area contributed by atoms with Crippen LogP contribution < -0.4 is 0 Å². The number of nitrogens with zero attached hydrogens (tertiary/aromatic N) is 2. The predicted octanol–water partition coefficient (Wildman–Crippen LogP) is 5.44. The van der Waals surface area contributed by atoms with Gasteiger partial charge >= 0.3 is 0 Å². The van der Waals surface area contributed by atoms with Gasteiger partial charge in [0.2, 0.25) is 0 Å². The summed E-state index contributed by atoms with van der Waals surface area (Å²) in [7, 11) is 0. The number of Topliss-reactive ketones (excluding diaryl/α,β-unsaturated/α-hetero) is 1. The van der Waals surface area contributed by atoms with Crippen molar-refractivity contribution in [3.8, 4) is 0 Å². The zero-order valence-electron chi connectivity index (χ0n) is 9.54. The van der Waals surface area contributed by atoms with Crippen LogP contribution >= 0.6 is 47.8 Å². The Morgan fingerprint density at radius 1 is 1.17 bits per heavy atom. The molecule has 0 aliphatic carbocycles. The second kappa shape index (κ2) is 6.58. The van der Waals surface area contributed by atoms with Crippen LogP contribution in [0.3, 0.4) is 0 Å². The minimum atomic E-state index is -0.344. The zero-order valence-corrected chi connectivity index (χ0v) is 14.3. The van der Waals surface area contributed by atoms with Crippen molar-refractivity contribution < 1.29 is 9.90 Å². The second-order valence-electron chi connectivity index (χ2n) is 3.41. The average Bonchev–Trinajstić information content (AvgIpc) is 2.20. The summed E-state index contributed by atoms with van der Waals surface area (Å²) in [5, 5.41) is 17.1. The van der Waals surface area contributed by atoms with Crippen molar-refractivity contribution in [2.24, 2.45) is 10.2 Å². The Bertz CT molecular complexity index is 526. The van der Waals surface area contributed by atoms with Crippen molar-refractivity contribution in [2.45, 2.75) is 13.8 Å². The Morgan fingerprint density at radius 2 is 1.67 bits per heavy atom. The van der Waals surface area contributed by atoms with Crippen molar-refractivity contribution in [1.82, 2.24) is 0 Å². The van der Waals surface area contributed by atoms with Crippen molar-refractivity contribution >= 4 is 59.3 Å². The third kappa shape index (κ3) is 4.00. The number of azo groups is 1. The first-order valence-corrected chi connectivity index (χ1v) is 7.18. The van der Waals surface area contributed by atoms with Crippen molar-refractivity contribution in [3.05, 3.63) is 37.0 Å². The fourth-order valence-corrected chi connectivity index (χ4v) is 3.54. The van der Waals surface area contributed by atoms with E-state index in [9.17, 15) is 9.90 Å². The molecular formula is C11H9Br3N2O2. The lowest BCUT2D eigenvalue weighted by molar-refractivity contribution is -0.113. The van der Waals surface area contributed by atoms with Gasteiger partial charge in [-0.25, -0.2) is 0 Å². The summed E-state index contributed by atoms with van der Waals surface area (Å²) in [5.74, 6) is -0.501. The highest BCUT2D eigenvalue weighted by Gasteiger charge is 2.09. The van der Waals surface area contributed by atoms with E-state index in [1.165, 1.54) is 13.8 Å². The Balaban J connectivity index is 3.20. The molecule has 1 rings (SSSR count). The van der Waals surface area contributed by atoms with Gasteiger partial charge in [0.1, 0.15) is 11.4 Å². The monoisotopic (exact) mass is 438 g/mol. The van der Waals surface area contributed by atoms with Crippen LogP contribution in [0.1, 0.15) is 13.8 Å². The van der Waals surface area contributed by atoms with Gasteiger partial charge in [0.15, 0.2) is 11.5 Å². The van der Waals surface area contributed by atoms with Crippen LogP contribution in [0.5, 0.6) is 0 Å². The fourth-order valence-electron chi connectivity index (χ4n) is 1.13. The van der Waals surface area contributed by atoms with Crippen LogP contribution in [0.15, 0.2) is 47.2 Å². The average molecular weight is 441 g/mol. The first-order valence-electron chi connectivity index (χ1n) is 4.80. The van der Waals surface area contributed by atoms with E-state index in [2.05, 4.69) is 58.0 Å². The molecule has 0 fully saturated rings. The standard InChI is InChI=1S/C11H9Br3N2O2/c1-5(17)10(6(2)18)15-16-11-8(13)3-7(12)4-9(11)14/h3-4,17H,1-2H3/b10-5-,16-15?. The first-order chi connectivity index (χ1) is 8.32. The molecule has 0 saturated carbocycles. The number of allylic oxidation sites excluding steroid dienone is 2. The quantitative estimate of drug-likeness (QED) is 0.386. The molecule has 0 unspecified atom stereocenters. The number of aliphatic hydroxyl groups excluding tert-OH is 1. The minimum Gasteiger partial charge on any atom is -0.510 e. The Kier molecular flexibility index (Phi) is 5.68. The normalized spacial score (nSPS) is 12.7. The highest BCUT2D eigenvalue weighted by Crippen LogP contribution is 2.37. The summed E-state index contributed by atoms with van der Waals surface area (Å²) < 4.78 is 2.30. The zero-order chi connectivity index (χ0) is 13.9. The number of halogens is 3. The molecule has 4 nitrogen and oxygen atoms in total. The van der Waals surface area contributed by atoms with Gasteiger partial charge in [-0.15, -0.1) is 10.2 Å². The van der Waals surface area contributed by atoms with Crippen LogP contribution in [0.4, 0.5) is 5.69 Å². The minimum absolute atomic E-state index is 0.0586. The van der Waals surface area contributed by atoms with Gasteiger partial charge < -0.3 is 5.11 Å². The molecule has 0 bridgehead atoms. The molecule has 0 saturated heterocycles. The molecule has 1 aromatic rings. The molecule has 0 amide bonds. The summed E-state index contributed by atoms with van der Waals surface area (Å²) in [4.78, 5) is 11.2. The Morgan fingerprint density at radius 3 is 2.06 bits per heavy atom. The molecule has 96 valence electrons. The molecular weight excluding hydrogens is 432 g/mol. The Hall–Kier alpha value is -0.530. The van der Waals surface area contributed by atoms with Crippen LogP contribution in [0.25, 0.3) is 0 Å². The molecule has 1 aromatic carbocycles. The number of rotatable bonds is 3. The first kappa shape index (κ1) is 15.5. The summed E-state index contributed by atoms with van der Waals surface area (Å²) in [6.45, 7) is 2.71. The smallest absolute Gasteiger partial charge is 0.183 e. The number of hydrogen-bond donors (Lipinski definition) is 1. The van der Waals surface area contributed by atoms with Gasteiger partial charge in [-0.1, -0.05) is 15.9 Å². The maximum Gasteiger partial charge on any atom is 0.183 e. The number of aliphatic hydroxyl groups is 1. The van der Waals surface area contributed by atoms with Gasteiger partial charge in [-0.05, 0) is 50.9 Å². The van der Waals surface area contributed by atoms with Crippen molar-refractivity contribution in [3.63, 3.8) is 0 Å². The maximum absolute atomic E-state index is 11.2. The Labute approximate surface area is 130 Å². The molecule has 0 atom stereocenters. The molecule has 0 heterocycles. The maximum atomic E-state index is 11.2. The van der Waals surface area contributed by atoms with E-state index in [0.29, 0.717) is 14.6 Å². The largest absolute Gasteiger partial charge is 0.510 e. The lowest BCUT2D eigenvalue weighted by atomic mass is 10.3. The topological polar surface area (TPSA) is 62.0 Å². The molecule has 0 aromatic heterocycles. The summed E-state index contributed by atoms with van der Waals surface area (Å²) >= 11 is 10.0. The van der Waals surface area contributed by atoms with Crippen LogP contribution in [-0.4, -0.2) is 10.9 Å². The molecule has 0 aliphatic rings. The molecule has 1 N–H and O–H groups in total. The number of benzene rings is 1. The second-order valence-corrected chi connectivity index (χ2v) is 6.03. The van der Waals surface area contributed by atoms with E-state index in [1.54, 1.807) is 0 Å². The van der Waals surface area contributed by atoms with Crippen molar-refractivity contribution in [2.75, 3.05) is 0 Å². The lowest BCUT2D eigenvalue weighted by Crippen LogP contribution is -1.96. The third-order valence-corrected chi connectivity index (χ3v) is 3.57. The number of carbonyl (C=O) groups excluding carboxylic acids is 1. The number of carbonyl (C=O) groups is 1. The van der Waals surface area contributed by atoms with E-state index in [0.717, 1.165) is 4.47 Å². The van der Waals surface area contributed by atoms with E-state index < -0.39 is 0 Å². The molecule has 0 radical (unpaired) electrons. The molecule has 18 heavy (non-hydrogen) atoms. The summed E-state index contributed by atoms with van der Waals surface area (Å²) in [6, 6.07) is 3.62. The van der Waals surface area contributed by atoms with Gasteiger partial charge in [-0.3, -0.25) is 4.79 Å². The van der Waals surface area contributed by atoms with E-state index >= 15 is 0 Å². The number of ketones is 1. The predicted molar refractivity (Wildman–Crippen MR) is 80.1 cm³/mol. The highest BCUT2D eigenvalue weighted by molar-refractivity contribution is 9.11. The van der Waals surface area contributed by atoms with Gasteiger partial charge in [0, 0.05) is 20.3 Å². The van der Waals surface area contributed by atoms with Crippen LogP contribution in [0, 0.1) is 0 Å². The van der Waals surface area contributed by atoms with E-state index in [4.69, 9.17) is 0 Å². The molecule has 7 heteroatoms. The fraction of sp³-hybridized carbons (Fsp3) is 0.182. The van der Waals surface area contributed by atoms with Crippen LogP contribution in [0.2, 0.25) is 0 Å². The van der Waals surface area contributed by atoms with E-state index in [1.807, 2.05) is 12.1 Å². The van der Waals surface area contributed by atoms with Gasteiger partial charge in [0.05, 0.1) is 0 Å². The summed E-state index contributed by atoms with van der Waals surface area (Å²) in [6.07, 6.45) is 0. The van der Waals surface area contributed by atoms with Gasteiger partial charge in [-0.2, -0.15) is 0 Å². The number of hydrogen-bond acceptors (Lipinski definition) is 4. The third-order valence-electron chi connectivity index (χ3n) is 1.91. The van der Waals surface area contributed by atoms with Gasteiger partial charge in [0.25, 0.3) is 0 Å².